The molecule has 0 saturated carbocycles. The fourth-order valence-electron chi connectivity index (χ4n) is 1.97. The van der Waals surface area contributed by atoms with E-state index in [1.54, 1.807) is 6.92 Å². The van der Waals surface area contributed by atoms with Gasteiger partial charge in [0.25, 0.3) is 0 Å². The van der Waals surface area contributed by atoms with Crippen molar-refractivity contribution in [2.45, 2.75) is 84.2 Å². The average molecular weight is 284 g/mol. The Morgan fingerprint density at radius 1 is 1.00 bits per heavy atom. The van der Waals surface area contributed by atoms with Crippen LogP contribution in [0.3, 0.4) is 0 Å². The molecule has 0 aliphatic rings. The van der Waals surface area contributed by atoms with Crippen molar-refractivity contribution >= 4 is 5.97 Å². The van der Waals surface area contributed by atoms with Gasteiger partial charge in [-0.15, -0.1) is 0 Å². The number of rotatable bonds is 14. The van der Waals surface area contributed by atoms with Crippen molar-refractivity contribution in [1.82, 2.24) is 0 Å². The van der Waals surface area contributed by atoms with Gasteiger partial charge in [0.2, 0.25) is 0 Å². The van der Waals surface area contributed by atoms with Crippen LogP contribution in [0.1, 0.15) is 78.1 Å². The lowest BCUT2D eigenvalue weighted by molar-refractivity contribution is -0.149. The van der Waals surface area contributed by atoms with Crippen LogP contribution < -0.4 is 0 Å². The Hall–Kier alpha value is -0.830. The molecule has 0 spiro atoms. The number of hydrogen-bond acceptors (Lipinski definition) is 2. The number of allylic oxidation sites excluding steroid dienone is 2. The van der Waals surface area contributed by atoms with Gasteiger partial charge in [-0.1, -0.05) is 51.2 Å². The number of ether oxygens (including phenoxy) is 1. The molecule has 0 amide bonds. The normalized spacial score (nSPS) is 12.9. The number of carbonyl (C=O) groups is 1. The second-order valence-electron chi connectivity index (χ2n) is 5.37. The van der Waals surface area contributed by atoms with Crippen LogP contribution in [0.15, 0.2) is 12.2 Å². The first-order valence-electron chi connectivity index (χ1n) is 8.18. The van der Waals surface area contributed by atoms with E-state index in [0.29, 0.717) is 6.61 Å². The van der Waals surface area contributed by atoms with Gasteiger partial charge in [0, 0.05) is 6.61 Å². The molecular formula is C17H32O3. The highest BCUT2D eigenvalue weighted by molar-refractivity contribution is 5.71. The molecule has 0 saturated heterocycles. The van der Waals surface area contributed by atoms with Gasteiger partial charge in [-0.3, -0.25) is 0 Å². The number of unbranched alkanes of at least 4 members (excludes halogenated alkanes) is 8. The maximum Gasteiger partial charge on any atom is 0.332 e. The highest BCUT2D eigenvalue weighted by atomic mass is 16.5. The number of carboxylic acid groups (broad SMARTS) is 1. The molecule has 1 unspecified atom stereocenters. The van der Waals surface area contributed by atoms with E-state index in [-0.39, 0.29) is 0 Å². The van der Waals surface area contributed by atoms with Crippen LogP contribution in [0.2, 0.25) is 0 Å². The van der Waals surface area contributed by atoms with Crippen molar-refractivity contribution in [1.29, 1.82) is 0 Å². The molecule has 3 nitrogen and oxygen atoms in total. The molecule has 118 valence electrons. The maximum absolute atomic E-state index is 10.5. The van der Waals surface area contributed by atoms with Crippen LogP contribution in [0.5, 0.6) is 0 Å². The molecule has 1 N–H and O–H groups in total. The number of carboxylic acids is 1. The van der Waals surface area contributed by atoms with Crippen molar-refractivity contribution in [3.05, 3.63) is 12.2 Å². The monoisotopic (exact) mass is 284 g/mol. The third kappa shape index (κ3) is 13.6. The summed E-state index contributed by atoms with van der Waals surface area (Å²) in [5.74, 6) is -0.883. The zero-order chi connectivity index (χ0) is 15.1. The SMILES string of the molecule is CCCCCCC/C=C\CCCCCOC(C)C(=O)O. The summed E-state index contributed by atoms with van der Waals surface area (Å²) < 4.78 is 5.18. The Morgan fingerprint density at radius 2 is 1.55 bits per heavy atom. The topological polar surface area (TPSA) is 46.5 Å². The lowest BCUT2D eigenvalue weighted by atomic mass is 10.1. The predicted molar refractivity (Wildman–Crippen MR) is 84.0 cm³/mol. The van der Waals surface area contributed by atoms with E-state index >= 15 is 0 Å². The lowest BCUT2D eigenvalue weighted by Crippen LogP contribution is -2.20. The molecule has 0 bridgehead atoms. The zero-order valence-corrected chi connectivity index (χ0v) is 13.3. The predicted octanol–water partition coefficient (Wildman–Crippen LogP) is 4.95. The summed E-state index contributed by atoms with van der Waals surface area (Å²) in [5.41, 5.74) is 0. The Balaban J connectivity index is 3.17. The van der Waals surface area contributed by atoms with Crippen molar-refractivity contribution in [3.63, 3.8) is 0 Å². The van der Waals surface area contributed by atoms with Gasteiger partial charge in [0.15, 0.2) is 6.10 Å². The molecule has 0 radical (unpaired) electrons. The van der Waals surface area contributed by atoms with Crippen LogP contribution in [-0.4, -0.2) is 23.8 Å². The standard InChI is InChI=1S/C17H32O3/c1-3-4-5-6-7-8-9-10-11-12-13-14-15-20-16(2)17(18)19/h9-10,16H,3-8,11-15H2,1-2H3,(H,18,19)/b10-9-. The van der Waals surface area contributed by atoms with Gasteiger partial charge in [0.05, 0.1) is 0 Å². The van der Waals surface area contributed by atoms with E-state index in [0.717, 1.165) is 25.7 Å². The second kappa shape index (κ2) is 14.6. The third-order valence-electron chi connectivity index (χ3n) is 3.37. The Bertz CT molecular complexity index is 249. The minimum Gasteiger partial charge on any atom is -0.479 e. The van der Waals surface area contributed by atoms with E-state index in [9.17, 15) is 4.79 Å². The first kappa shape index (κ1) is 19.2. The van der Waals surface area contributed by atoms with E-state index in [4.69, 9.17) is 9.84 Å². The molecule has 1 atom stereocenters. The van der Waals surface area contributed by atoms with E-state index in [1.807, 2.05) is 0 Å². The summed E-state index contributed by atoms with van der Waals surface area (Å²) in [6.07, 6.45) is 16.2. The fraction of sp³-hybridized carbons (Fsp3) is 0.824. The molecule has 0 aromatic carbocycles. The zero-order valence-electron chi connectivity index (χ0n) is 13.3. The highest BCUT2D eigenvalue weighted by Gasteiger charge is 2.09. The van der Waals surface area contributed by atoms with E-state index in [1.165, 1.54) is 38.5 Å². The van der Waals surface area contributed by atoms with Crippen molar-refractivity contribution in [3.8, 4) is 0 Å². The van der Waals surface area contributed by atoms with Gasteiger partial charge < -0.3 is 9.84 Å². The molecule has 3 heteroatoms. The van der Waals surface area contributed by atoms with Crippen molar-refractivity contribution < 1.29 is 14.6 Å². The first-order valence-corrected chi connectivity index (χ1v) is 8.18. The van der Waals surface area contributed by atoms with E-state index in [2.05, 4.69) is 19.1 Å². The third-order valence-corrected chi connectivity index (χ3v) is 3.37. The minimum absolute atomic E-state index is 0.550. The van der Waals surface area contributed by atoms with Crippen LogP contribution >= 0.6 is 0 Å². The molecule has 0 aromatic rings. The summed E-state index contributed by atoms with van der Waals surface area (Å²) >= 11 is 0. The van der Waals surface area contributed by atoms with Crippen LogP contribution in [0.25, 0.3) is 0 Å². The van der Waals surface area contributed by atoms with Gasteiger partial charge >= 0.3 is 5.97 Å². The average Bonchev–Trinajstić information content (AvgIpc) is 2.43. The van der Waals surface area contributed by atoms with Gasteiger partial charge in [-0.05, 0) is 39.0 Å². The summed E-state index contributed by atoms with van der Waals surface area (Å²) in [6.45, 7) is 4.37. The Kier molecular flexibility index (Phi) is 14.0. The lowest BCUT2D eigenvalue weighted by Gasteiger charge is -2.07. The molecule has 0 aliphatic carbocycles. The largest absolute Gasteiger partial charge is 0.479 e. The highest BCUT2D eigenvalue weighted by Crippen LogP contribution is 2.07. The second-order valence-corrected chi connectivity index (χ2v) is 5.37. The van der Waals surface area contributed by atoms with E-state index < -0.39 is 12.1 Å². The number of aliphatic carboxylic acids is 1. The molecule has 0 rings (SSSR count). The molecule has 0 aliphatic heterocycles. The summed E-state index contributed by atoms with van der Waals surface area (Å²) in [4.78, 5) is 10.5. The summed E-state index contributed by atoms with van der Waals surface area (Å²) in [5, 5.41) is 8.64. The summed E-state index contributed by atoms with van der Waals surface area (Å²) in [7, 11) is 0. The molecule has 0 aromatic heterocycles. The maximum atomic E-state index is 10.5. The fourth-order valence-corrected chi connectivity index (χ4v) is 1.97. The Morgan fingerprint density at radius 3 is 2.10 bits per heavy atom. The number of hydrogen-bond donors (Lipinski definition) is 1. The van der Waals surface area contributed by atoms with Crippen LogP contribution in [0.4, 0.5) is 0 Å². The smallest absolute Gasteiger partial charge is 0.332 e. The van der Waals surface area contributed by atoms with Gasteiger partial charge in [0.1, 0.15) is 0 Å². The molecule has 0 heterocycles. The van der Waals surface area contributed by atoms with Gasteiger partial charge in [-0.25, -0.2) is 4.79 Å². The van der Waals surface area contributed by atoms with Crippen LogP contribution in [-0.2, 0) is 9.53 Å². The van der Waals surface area contributed by atoms with Crippen molar-refractivity contribution in [2.75, 3.05) is 6.61 Å². The summed E-state index contributed by atoms with van der Waals surface area (Å²) in [6, 6.07) is 0. The molecular weight excluding hydrogens is 252 g/mol. The molecule has 0 fully saturated rings. The van der Waals surface area contributed by atoms with Crippen LogP contribution in [0, 0.1) is 0 Å². The minimum atomic E-state index is -0.883. The Labute approximate surface area is 124 Å². The molecule has 20 heavy (non-hydrogen) atoms. The first-order chi connectivity index (χ1) is 9.68. The quantitative estimate of drug-likeness (QED) is 0.362. The van der Waals surface area contributed by atoms with Gasteiger partial charge in [-0.2, -0.15) is 0 Å². The van der Waals surface area contributed by atoms with Crippen molar-refractivity contribution in [2.24, 2.45) is 0 Å².